The van der Waals surface area contributed by atoms with Gasteiger partial charge in [0.2, 0.25) is 0 Å². The van der Waals surface area contributed by atoms with Gasteiger partial charge in [-0.15, -0.1) is 0 Å². The van der Waals surface area contributed by atoms with Crippen LogP contribution in [-0.4, -0.2) is 13.4 Å². The number of sulfonamides is 1. The minimum atomic E-state index is -3.56. The summed E-state index contributed by atoms with van der Waals surface area (Å²) in [4.78, 5) is 4.37. The molecule has 1 saturated carbocycles. The minimum absolute atomic E-state index is 0.298. The van der Waals surface area contributed by atoms with Gasteiger partial charge >= 0.3 is 0 Å². The van der Waals surface area contributed by atoms with E-state index in [9.17, 15) is 8.42 Å². The summed E-state index contributed by atoms with van der Waals surface area (Å²) in [6.07, 6.45) is 7.88. The predicted octanol–water partition coefficient (Wildman–Crippen LogP) is 4.24. The molecule has 1 aromatic heterocycles. The maximum Gasteiger partial charge on any atom is 0.261 e. The Bertz CT molecular complexity index is 764. The van der Waals surface area contributed by atoms with Crippen molar-refractivity contribution in [2.45, 2.75) is 49.8 Å². The van der Waals surface area contributed by atoms with Crippen molar-refractivity contribution in [3.63, 3.8) is 0 Å². The number of hydrogen-bond donors (Lipinski definition) is 1. The van der Waals surface area contributed by atoms with Crippen molar-refractivity contribution in [1.82, 2.24) is 4.98 Å². The fourth-order valence-corrected chi connectivity index (χ4v) is 4.23. The zero-order chi connectivity index (χ0) is 16.3. The molecule has 5 heteroatoms. The van der Waals surface area contributed by atoms with Crippen molar-refractivity contribution in [3.8, 4) is 0 Å². The molecule has 1 aliphatic rings. The zero-order valence-corrected chi connectivity index (χ0v) is 14.1. The lowest BCUT2D eigenvalue weighted by Gasteiger charge is -2.22. The number of rotatable bonds is 4. The first-order valence-electron chi connectivity index (χ1n) is 8.10. The number of hydrogen-bond acceptors (Lipinski definition) is 3. The molecule has 1 fully saturated rings. The molecule has 1 heterocycles. The predicted molar refractivity (Wildman–Crippen MR) is 92.1 cm³/mol. The van der Waals surface area contributed by atoms with Crippen LogP contribution in [0.1, 0.15) is 49.3 Å². The highest BCUT2D eigenvalue weighted by molar-refractivity contribution is 7.92. The van der Waals surface area contributed by atoms with E-state index < -0.39 is 10.0 Å². The molecule has 3 rings (SSSR count). The Labute approximate surface area is 138 Å². The second kappa shape index (κ2) is 6.71. The first-order valence-corrected chi connectivity index (χ1v) is 9.58. The summed E-state index contributed by atoms with van der Waals surface area (Å²) in [5.74, 6) is 0.580. The molecule has 0 bridgehead atoms. The van der Waals surface area contributed by atoms with Gasteiger partial charge in [-0.25, -0.2) is 8.42 Å². The van der Waals surface area contributed by atoms with Crippen LogP contribution in [0.4, 0.5) is 5.69 Å². The minimum Gasteiger partial charge on any atom is -0.280 e. The topological polar surface area (TPSA) is 59.1 Å². The van der Waals surface area contributed by atoms with E-state index in [-0.39, 0.29) is 0 Å². The number of nitrogens with zero attached hydrogens (tertiary/aromatic N) is 1. The molecule has 0 unspecified atom stereocenters. The van der Waals surface area contributed by atoms with E-state index in [2.05, 4.69) is 9.71 Å². The van der Waals surface area contributed by atoms with E-state index in [4.69, 9.17) is 0 Å². The van der Waals surface area contributed by atoms with Gasteiger partial charge in [0.1, 0.15) is 0 Å². The van der Waals surface area contributed by atoms with Gasteiger partial charge in [-0.3, -0.25) is 9.71 Å². The lowest BCUT2D eigenvalue weighted by atomic mass is 9.84. The summed E-state index contributed by atoms with van der Waals surface area (Å²) in [6.45, 7) is 1.83. The average Bonchev–Trinajstić information content (AvgIpc) is 2.55. The smallest absolute Gasteiger partial charge is 0.261 e. The van der Waals surface area contributed by atoms with Gasteiger partial charge in [-0.05, 0) is 55.5 Å². The van der Waals surface area contributed by atoms with E-state index in [1.807, 2.05) is 19.1 Å². The first-order chi connectivity index (χ1) is 11.0. The number of pyridine rings is 1. The molecule has 122 valence electrons. The van der Waals surface area contributed by atoms with Crippen molar-refractivity contribution < 1.29 is 8.42 Å². The number of benzene rings is 1. The Kier molecular flexibility index (Phi) is 4.66. The quantitative estimate of drug-likeness (QED) is 0.912. The molecule has 1 aliphatic carbocycles. The summed E-state index contributed by atoms with van der Waals surface area (Å²) in [6, 6.07) is 10.7. The van der Waals surface area contributed by atoms with Crippen LogP contribution in [0.25, 0.3) is 0 Å². The third-order valence-electron chi connectivity index (χ3n) is 4.42. The van der Waals surface area contributed by atoms with E-state index >= 15 is 0 Å². The third kappa shape index (κ3) is 3.91. The molecule has 2 aromatic rings. The molecule has 1 aromatic carbocycles. The summed E-state index contributed by atoms with van der Waals surface area (Å²) in [7, 11) is -3.56. The van der Waals surface area contributed by atoms with Crippen LogP contribution in [0, 0.1) is 6.92 Å². The fourth-order valence-electron chi connectivity index (χ4n) is 3.18. The summed E-state index contributed by atoms with van der Waals surface area (Å²) in [5.41, 5.74) is 2.56. The monoisotopic (exact) mass is 330 g/mol. The van der Waals surface area contributed by atoms with Crippen molar-refractivity contribution in [3.05, 3.63) is 53.9 Å². The second-order valence-electron chi connectivity index (χ2n) is 6.20. The molecule has 4 nitrogen and oxygen atoms in total. The molecule has 0 atom stereocenters. The van der Waals surface area contributed by atoms with Crippen LogP contribution in [-0.2, 0) is 10.0 Å². The van der Waals surface area contributed by atoms with Gasteiger partial charge in [0.15, 0.2) is 0 Å². The van der Waals surface area contributed by atoms with Crippen LogP contribution in [0.3, 0.4) is 0 Å². The van der Waals surface area contributed by atoms with Gasteiger partial charge in [-0.1, -0.05) is 31.4 Å². The maximum atomic E-state index is 12.5. The molecular formula is C18H22N2O2S. The average molecular weight is 330 g/mol. The molecular weight excluding hydrogens is 308 g/mol. The molecule has 0 saturated heterocycles. The fraction of sp³-hybridized carbons (Fsp3) is 0.389. The van der Waals surface area contributed by atoms with Crippen LogP contribution in [0.5, 0.6) is 0 Å². The Morgan fingerprint density at radius 3 is 2.39 bits per heavy atom. The first kappa shape index (κ1) is 16.0. The largest absolute Gasteiger partial charge is 0.280 e. The standard InChI is InChI=1S/C18H22N2O2S/c1-14-13-17(11-12-19-14)20-23(21,22)18-9-7-16(8-10-18)15-5-3-2-4-6-15/h7-13,15H,2-6H2,1H3,(H,19,20). The van der Waals surface area contributed by atoms with Crippen LogP contribution in [0.2, 0.25) is 0 Å². The Morgan fingerprint density at radius 1 is 1.04 bits per heavy atom. The Balaban J connectivity index is 1.77. The van der Waals surface area contributed by atoms with E-state index in [1.165, 1.54) is 37.7 Å². The molecule has 0 aliphatic heterocycles. The lowest BCUT2D eigenvalue weighted by molar-refractivity contribution is 0.443. The Hall–Kier alpha value is -1.88. The maximum absolute atomic E-state index is 12.5. The highest BCUT2D eigenvalue weighted by Gasteiger charge is 2.18. The summed E-state index contributed by atoms with van der Waals surface area (Å²) < 4.78 is 27.5. The number of aromatic nitrogens is 1. The lowest BCUT2D eigenvalue weighted by Crippen LogP contribution is -2.13. The van der Waals surface area contributed by atoms with Crippen molar-refractivity contribution in [2.24, 2.45) is 0 Å². The van der Waals surface area contributed by atoms with Crippen molar-refractivity contribution in [2.75, 3.05) is 4.72 Å². The van der Waals surface area contributed by atoms with E-state index in [1.54, 1.807) is 30.5 Å². The van der Waals surface area contributed by atoms with Gasteiger partial charge in [0, 0.05) is 11.9 Å². The molecule has 0 spiro atoms. The van der Waals surface area contributed by atoms with E-state index in [0.29, 0.717) is 16.5 Å². The van der Waals surface area contributed by atoms with Crippen molar-refractivity contribution in [1.29, 1.82) is 0 Å². The number of anilines is 1. The van der Waals surface area contributed by atoms with Gasteiger partial charge in [0.25, 0.3) is 10.0 Å². The zero-order valence-electron chi connectivity index (χ0n) is 13.3. The summed E-state index contributed by atoms with van der Waals surface area (Å²) in [5, 5.41) is 0. The van der Waals surface area contributed by atoms with Gasteiger partial charge in [0.05, 0.1) is 10.6 Å². The molecule has 0 radical (unpaired) electrons. The summed E-state index contributed by atoms with van der Waals surface area (Å²) >= 11 is 0. The highest BCUT2D eigenvalue weighted by Crippen LogP contribution is 2.33. The van der Waals surface area contributed by atoms with Crippen LogP contribution in [0.15, 0.2) is 47.5 Å². The molecule has 1 N–H and O–H groups in total. The van der Waals surface area contributed by atoms with Crippen LogP contribution < -0.4 is 4.72 Å². The van der Waals surface area contributed by atoms with Crippen LogP contribution >= 0.6 is 0 Å². The molecule has 23 heavy (non-hydrogen) atoms. The van der Waals surface area contributed by atoms with E-state index in [0.717, 1.165) is 5.69 Å². The Morgan fingerprint density at radius 2 is 1.74 bits per heavy atom. The third-order valence-corrected chi connectivity index (χ3v) is 5.81. The highest BCUT2D eigenvalue weighted by atomic mass is 32.2. The number of aryl methyl sites for hydroxylation is 1. The van der Waals surface area contributed by atoms with Gasteiger partial charge < -0.3 is 0 Å². The number of nitrogens with one attached hydrogen (secondary N) is 1. The SMILES string of the molecule is Cc1cc(NS(=O)(=O)c2ccc(C3CCCCC3)cc2)ccn1. The van der Waals surface area contributed by atoms with Gasteiger partial charge in [-0.2, -0.15) is 0 Å². The second-order valence-corrected chi connectivity index (χ2v) is 7.88. The van der Waals surface area contributed by atoms with Crippen molar-refractivity contribution >= 4 is 15.7 Å². The normalized spacial score (nSPS) is 16.2. The molecule has 0 amide bonds.